The number of aliphatic hydroxyl groups is 1. The lowest BCUT2D eigenvalue weighted by Crippen LogP contribution is -2.30. The first-order valence-corrected chi connectivity index (χ1v) is 42.1. The van der Waals surface area contributed by atoms with Crippen molar-refractivity contribution in [3.05, 3.63) is 0 Å². The van der Waals surface area contributed by atoms with Crippen molar-refractivity contribution in [3.8, 4) is 0 Å². The molecule has 0 saturated heterocycles. The van der Waals surface area contributed by atoms with Crippen LogP contribution in [-0.2, 0) is 65.4 Å². The molecular weight excluding hydrogens is 1230 g/mol. The maximum atomic E-state index is 13.1. The highest BCUT2D eigenvalue weighted by atomic mass is 31.2. The van der Waals surface area contributed by atoms with Crippen LogP contribution in [-0.4, -0.2) is 96.7 Å². The van der Waals surface area contributed by atoms with E-state index in [0.29, 0.717) is 31.6 Å². The topological polar surface area (TPSA) is 237 Å². The van der Waals surface area contributed by atoms with Gasteiger partial charge in [-0.05, 0) is 31.6 Å². The Morgan fingerprint density at radius 1 is 0.287 bits per heavy atom. The number of carbonyl (C=O) groups is 4. The zero-order valence-electron chi connectivity index (χ0n) is 61.1. The molecule has 0 aliphatic carbocycles. The number of phosphoric ester groups is 2. The van der Waals surface area contributed by atoms with E-state index >= 15 is 0 Å². The lowest BCUT2D eigenvalue weighted by molar-refractivity contribution is -0.161. The van der Waals surface area contributed by atoms with Crippen molar-refractivity contribution in [2.75, 3.05) is 39.6 Å². The Morgan fingerprint density at radius 3 is 0.723 bits per heavy atom. The van der Waals surface area contributed by atoms with Gasteiger partial charge in [0, 0.05) is 25.7 Å². The molecule has 558 valence electrons. The van der Waals surface area contributed by atoms with Gasteiger partial charge >= 0.3 is 39.5 Å². The molecule has 0 heterocycles. The Morgan fingerprint density at radius 2 is 0.489 bits per heavy atom. The molecular formula is C75H146O17P2. The minimum atomic E-state index is -4.95. The number of ether oxygens (including phenoxy) is 4. The molecule has 0 spiro atoms. The van der Waals surface area contributed by atoms with Gasteiger partial charge in [0.15, 0.2) is 12.2 Å². The summed E-state index contributed by atoms with van der Waals surface area (Å²) >= 11 is 0. The van der Waals surface area contributed by atoms with E-state index in [9.17, 15) is 43.2 Å². The third kappa shape index (κ3) is 68.6. The van der Waals surface area contributed by atoms with Crippen LogP contribution in [0.4, 0.5) is 0 Å². The molecule has 94 heavy (non-hydrogen) atoms. The van der Waals surface area contributed by atoms with Crippen LogP contribution < -0.4 is 0 Å². The maximum Gasteiger partial charge on any atom is 0.472 e. The van der Waals surface area contributed by atoms with Crippen LogP contribution in [0.3, 0.4) is 0 Å². The number of unbranched alkanes of at least 4 members (excludes halogenated alkanes) is 47. The van der Waals surface area contributed by atoms with Gasteiger partial charge in [0.2, 0.25) is 0 Å². The summed E-state index contributed by atoms with van der Waals surface area (Å²) in [6.07, 6.45) is 57.8. The number of hydrogen-bond donors (Lipinski definition) is 3. The molecule has 0 aromatic rings. The predicted molar refractivity (Wildman–Crippen MR) is 382 cm³/mol. The second-order valence-corrected chi connectivity index (χ2v) is 30.4. The largest absolute Gasteiger partial charge is 0.472 e. The van der Waals surface area contributed by atoms with Crippen molar-refractivity contribution >= 4 is 39.5 Å². The van der Waals surface area contributed by atoms with Crippen molar-refractivity contribution in [2.24, 2.45) is 5.92 Å². The highest BCUT2D eigenvalue weighted by molar-refractivity contribution is 7.47. The van der Waals surface area contributed by atoms with Crippen LogP contribution in [0.5, 0.6) is 0 Å². The van der Waals surface area contributed by atoms with Crippen LogP contribution >= 0.6 is 15.6 Å². The summed E-state index contributed by atoms with van der Waals surface area (Å²) in [7, 11) is -9.89. The molecule has 19 heteroatoms. The molecule has 0 bridgehead atoms. The Balaban J connectivity index is 5.09. The second kappa shape index (κ2) is 68.2. The van der Waals surface area contributed by atoms with Gasteiger partial charge in [-0.1, -0.05) is 343 Å². The van der Waals surface area contributed by atoms with Crippen LogP contribution in [0.1, 0.15) is 394 Å². The highest BCUT2D eigenvalue weighted by Crippen LogP contribution is 2.45. The van der Waals surface area contributed by atoms with Crippen molar-refractivity contribution in [1.29, 1.82) is 0 Å². The highest BCUT2D eigenvalue weighted by Gasteiger charge is 2.30. The first kappa shape index (κ1) is 92.1. The van der Waals surface area contributed by atoms with E-state index in [4.69, 9.17) is 37.0 Å². The first-order chi connectivity index (χ1) is 45.5. The molecule has 0 aliphatic rings. The van der Waals surface area contributed by atoms with Gasteiger partial charge in [-0.3, -0.25) is 37.3 Å². The quantitative estimate of drug-likeness (QED) is 0.0222. The summed E-state index contributed by atoms with van der Waals surface area (Å²) in [6.45, 7) is 7.09. The maximum absolute atomic E-state index is 13.1. The smallest absolute Gasteiger partial charge is 0.462 e. The van der Waals surface area contributed by atoms with Gasteiger partial charge in [-0.25, -0.2) is 9.13 Å². The summed E-state index contributed by atoms with van der Waals surface area (Å²) in [6, 6.07) is 0. The SMILES string of the molecule is CCCCCCCCCCCCCCCCCCCCCCCC(=O)O[C@H](COC(=O)CCCCCCCCCCCCCCCCCCCCC)COP(=O)(O)OC[C@@H](O)COP(=O)(O)OC[C@@H](COC(=O)CCCCCCC)OC(=O)CCCCCCCCC(C)C. The third-order valence-corrected chi connectivity index (χ3v) is 19.4. The Kier molecular flexibility index (Phi) is 66.8. The zero-order chi connectivity index (χ0) is 69.1. The fourth-order valence-electron chi connectivity index (χ4n) is 11.5. The van der Waals surface area contributed by atoms with Gasteiger partial charge in [0.25, 0.3) is 0 Å². The van der Waals surface area contributed by atoms with Crippen LogP contribution in [0.15, 0.2) is 0 Å². The molecule has 0 aromatic heterocycles. The van der Waals surface area contributed by atoms with Crippen LogP contribution in [0.25, 0.3) is 0 Å². The molecule has 5 atom stereocenters. The molecule has 0 amide bonds. The average Bonchev–Trinajstić information content (AvgIpc) is 1.27. The van der Waals surface area contributed by atoms with Crippen molar-refractivity contribution in [3.63, 3.8) is 0 Å². The minimum Gasteiger partial charge on any atom is -0.462 e. The lowest BCUT2D eigenvalue weighted by Gasteiger charge is -2.21. The Bertz CT molecular complexity index is 1810. The normalized spacial score (nSPS) is 14.0. The number of hydrogen-bond acceptors (Lipinski definition) is 15. The molecule has 0 aliphatic heterocycles. The summed E-state index contributed by atoms with van der Waals surface area (Å²) in [4.78, 5) is 72.4. The summed E-state index contributed by atoms with van der Waals surface area (Å²) < 4.78 is 68.2. The standard InChI is InChI=1S/C75H146O17P2/c1-6-9-12-15-17-19-21-23-25-27-29-30-32-34-36-38-40-42-44-50-55-60-74(79)91-71(65-86-73(78)59-54-49-43-41-39-37-35-33-31-28-26-24-22-20-18-16-13-10-7-2)67-90-94(83,84)88-63-69(76)62-87-93(81,82)89-66-70(64-85-72(77)58-53-47-14-11-8-3)92-75(80)61-56-51-46-45-48-52-57-68(4)5/h68-71,76H,6-67H2,1-5H3,(H,81,82)(H,83,84)/t69-,70+,71+/m0/s1. The zero-order valence-corrected chi connectivity index (χ0v) is 62.9. The number of carbonyl (C=O) groups excluding carboxylic acids is 4. The van der Waals surface area contributed by atoms with Gasteiger partial charge in [-0.2, -0.15) is 0 Å². The van der Waals surface area contributed by atoms with Crippen molar-refractivity contribution in [2.45, 2.75) is 412 Å². The average molecular weight is 1380 g/mol. The number of aliphatic hydroxyl groups excluding tert-OH is 1. The van der Waals surface area contributed by atoms with Crippen LogP contribution in [0.2, 0.25) is 0 Å². The molecule has 0 fully saturated rings. The third-order valence-electron chi connectivity index (χ3n) is 17.5. The van der Waals surface area contributed by atoms with Gasteiger partial charge < -0.3 is 33.8 Å². The first-order valence-electron chi connectivity index (χ1n) is 39.1. The number of phosphoric acid groups is 2. The monoisotopic (exact) mass is 1380 g/mol. The van der Waals surface area contributed by atoms with Crippen LogP contribution in [0, 0.1) is 5.92 Å². The van der Waals surface area contributed by atoms with E-state index in [1.54, 1.807) is 0 Å². The van der Waals surface area contributed by atoms with Gasteiger partial charge in [-0.15, -0.1) is 0 Å². The number of esters is 4. The molecule has 17 nitrogen and oxygen atoms in total. The summed E-state index contributed by atoms with van der Waals surface area (Å²) in [5, 5.41) is 10.6. The molecule has 3 N–H and O–H groups in total. The van der Waals surface area contributed by atoms with E-state index in [-0.39, 0.29) is 25.7 Å². The molecule has 0 radical (unpaired) electrons. The lowest BCUT2D eigenvalue weighted by atomic mass is 10.0. The molecule has 2 unspecified atom stereocenters. The van der Waals surface area contributed by atoms with Gasteiger partial charge in [0.05, 0.1) is 26.4 Å². The Labute approximate surface area is 575 Å². The van der Waals surface area contributed by atoms with Gasteiger partial charge in [0.1, 0.15) is 19.3 Å². The molecule has 0 saturated carbocycles. The fraction of sp³-hybridized carbons (Fsp3) is 0.947. The Hall–Kier alpha value is -1.94. The summed E-state index contributed by atoms with van der Waals surface area (Å²) in [5.41, 5.74) is 0. The van der Waals surface area contributed by atoms with E-state index in [0.717, 1.165) is 96.3 Å². The number of rotatable bonds is 75. The second-order valence-electron chi connectivity index (χ2n) is 27.5. The van der Waals surface area contributed by atoms with E-state index in [1.165, 1.54) is 212 Å². The van der Waals surface area contributed by atoms with E-state index < -0.39 is 97.5 Å². The minimum absolute atomic E-state index is 0.102. The van der Waals surface area contributed by atoms with E-state index in [1.807, 2.05) is 0 Å². The molecule has 0 aromatic carbocycles. The fourth-order valence-corrected chi connectivity index (χ4v) is 13.1. The van der Waals surface area contributed by atoms with Crippen molar-refractivity contribution < 1.29 is 80.2 Å². The van der Waals surface area contributed by atoms with E-state index in [2.05, 4.69) is 34.6 Å². The summed E-state index contributed by atoms with van der Waals surface area (Å²) in [5.74, 6) is -1.46. The predicted octanol–water partition coefficient (Wildman–Crippen LogP) is 22.1. The molecule has 0 rings (SSSR count). The van der Waals surface area contributed by atoms with Crippen molar-refractivity contribution in [1.82, 2.24) is 0 Å².